The van der Waals surface area contributed by atoms with E-state index in [4.69, 9.17) is 22.1 Å². The molecule has 0 bridgehead atoms. The van der Waals surface area contributed by atoms with E-state index in [9.17, 15) is 9.90 Å². The molecule has 1 radical (unpaired) electrons. The van der Waals surface area contributed by atoms with Gasteiger partial charge in [0.2, 0.25) is 5.91 Å². The average Bonchev–Trinajstić information content (AvgIpc) is 3.58. The lowest BCUT2D eigenvalue weighted by Crippen LogP contribution is -2.48. The van der Waals surface area contributed by atoms with Gasteiger partial charge < -0.3 is 30.7 Å². The first kappa shape index (κ1) is 30.0. The number of anilines is 2. The molecule has 42 heavy (non-hydrogen) atoms. The van der Waals surface area contributed by atoms with Crippen molar-refractivity contribution >= 4 is 48.0 Å². The summed E-state index contributed by atoms with van der Waals surface area (Å²) < 4.78 is 10.5. The number of nitrogens with one attached hydrogen (secondary N) is 2. The fraction of sp³-hybridized carbons (Fsp3) is 0.419. The minimum absolute atomic E-state index is 0.0952. The lowest BCUT2D eigenvalue weighted by atomic mass is 9.91. The minimum Gasteiger partial charge on any atom is -0.399 e. The van der Waals surface area contributed by atoms with Crippen LogP contribution in [0.1, 0.15) is 57.7 Å². The van der Waals surface area contributed by atoms with Gasteiger partial charge in [-0.1, -0.05) is 38.3 Å². The van der Waals surface area contributed by atoms with E-state index in [1.165, 1.54) is 0 Å². The van der Waals surface area contributed by atoms with Crippen LogP contribution in [0.15, 0.2) is 66.1 Å². The molecular weight excluding hydrogens is 551 g/mol. The van der Waals surface area contributed by atoms with Crippen LogP contribution < -0.4 is 16.4 Å². The zero-order valence-electron chi connectivity index (χ0n) is 24.5. The van der Waals surface area contributed by atoms with Gasteiger partial charge >= 0.3 is 7.55 Å². The van der Waals surface area contributed by atoms with Crippen LogP contribution in [0.25, 0.3) is 5.57 Å². The predicted octanol–water partition coefficient (Wildman–Crippen LogP) is 4.06. The van der Waals surface area contributed by atoms with Crippen molar-refractivity contribution in [2.45, 2.75) is 64.8 Å². The molecule has 9 nitrogen and oxygen atoms in total. The van der Waals surface area contributed by atoms with Crippen LogP contribution in [0.5, 0.6) is 0 Å². The number of carbonyl (C=O) groups is 1. The molecule has 0 aliphatic carbocycles. The summed E-state index contributed by atoms with van der Waals surface area (Å²) in [5.41, 5.74) is 11.5. The average molecular weight is 591 g/mol. The summed E-state index contributed by atoms with van der Waals surface area (Å²) in [5.74, 6) is 1.57. The van der Waals surface area contributed by atoms with Crippen LogP contribution in [0.3, 0.4) is 0 Å². The van der Waals surface area contributed by atoms with Crippen LogP contribution in [0, 0.1) is 0 Å². The highest BCUT2D eigenvalue weighted by Crippen LogP contribution is 2.38. The maximum Gasteiger partial charge on any atom is 0.553 e. The van der Waals surface area contributed by atoms with Gasteiger partial charge in [-0.3, -0.25) is 14.2 Å². The third-order valence-corrected chi connectivity index (χ3v) is 7.98. The van der Waals surface area contributed by atoms with Gasteiger partial charge in [-0.05, 0) is 56.2 Å². The lowest BCUT2D eigenvalue weighted by Gasteiger charge is -2.30. The molecule has 1 fully saturated rings. The first-order valence-corrected chi connectivity index (χ1v) is 15.2. The van der Waals surface area contributed by atoms with Gasteiger partial charge in [0.05, 0.1) is 24.0 Å². The van der Waals surface area contributed by atoms with E-state index in [-0.39, 0.29) is 24.0 Å². The molecule has 3 aliphatic rings. The number of aliphatic hydroxyl groups excluding tert-OH is 1. The maximum atomic E-state index is 11.8. The number of ether oxygens (including phenoxy) is 1. The van der Waals surface area contributed by atoms with Gasteiger partial charge in [0.1, 0.15) is 30.5 Å². The Labute approximate surface area is 253 Å². The van der Waals surface area contributed by atoms with Crippen LogP contribution in [0.4, 0.5) is 11.5 Å². The molecule has 2 aromatic rings. The van der Waals surface area contributed by atoms with Crippen LogP contribution in [-0.2, 0) is 9.53 Å². The Morgan fingerprint density at radius 2 is 1.93 bits per heavy atom. The SMILES string of the molecule is CCCCCC(O)C(N)=CNc1ccc2n1[B]N1C(=C2c2ccc(NC(=O)CCl)cc2)C=CC1=[N+]1CC(C)OC(C)C1. The molecule has 1 aromatic heterocycles. The first-order chi connectivity index (χ1) is 20.3. The standard InChI is InChI=1S/C31H39BClN6O3/c1-4-5-6-7-27(40)24(34)17-35-28-14-12-25-31(22-8-10-23(11-9-22)36-29(41)16-33)26-13-15-30(39(26)32-38(25)28)37-18-20(2)42-21(3)19-37/h8-15,17,20-21,27,40H,4-7,16,18-19,34H2,1-3H3,(H,35,36,41)/p+1. The van der Waals surface area contributed by atoms with Gasteiger partial charge in [0, 0.05) is 29.2 Å². The Balaban J connectivity index is 1.51. The molecule has 3 atom stereocenters. The molecule has 221 valence electrons. The smallest absolute Gasteiger partial charge is 0.399 e. The molecule has 0 saturated carbocycles. The Kier molecular flexibility index (Phi) is 9.45. The Bertz CT molecular complexity index is 1420. The molecule has 11 heteroatoms. The van der Waals surface area contributed by atoms with E-state index in [0.717, 1.165) is 66.5 Å². The second-order valence-corrected chi connectivity index (χ2v) is 11.4. The zero-order chi connectivity index (χ0) is 29.8. The summed E-state index contributed by atoms with van der Waals surface area (Å²) in [5, 5.41) is 16.7. The third kappa shape index (κ3) is 6.46. The number of hydrogen-bond acceptors (Lipinski definition) is 5. The number of morpholine rings is 1. The molecule has 3 unspecified atom stereocenters. The van der Waals surface area contributed by atoms with E-state index in [0.29, 0.717) is 17.8 Å². The molecule has 4 heterocycles. The Morgan fingerprint density at radius 1 is 1.19 bits per heavy atom. The predicted molar refractivity (Wildman–Crippen MR) is 169 cm³/mol. The van der Waals surface area contributed by atoms with Crippen molar-refractivity contribution in [1.82, 2.24) is 9.29 Å². The van der Waals surface area contributed by atoms with Gasteiger partial charge in [0.25, 0.3) is 5.84 Å². The number of hydrogen-bond donors (Lipinski definition) is 4. The number of nitrogens with two attached hydrogens (primary N) is 1. The van der Waals surface area contributed by atoms with E-state index < -0.39 is 6.10 Å². The number of halogens is 1. The second kappa shape index (κ2) is 13.2. The first-order valence-electron chi connectivity index (χ1n) is 14.7. The fourth-order valence-electron chi connectivity index (χ4n) is 5.74. The van der Waals surface area contributed by atoms with Crippen molar-refractivity contribution < 1.29 is 19.2 Å². The quantitative estimate of drug-likeness (QED) is 0.144. The number of alkyl halides is 1. The number of unbranched alkanes of at least 4 members (excludes halogenated alkanes) is 2. The Hall–Kier alpha value is -3.47. The number of aromatic nitrogens is 1. The van der Waals surface area contributed by atoms with Crippen molar-refractivity contribution in [3.05, 3.63) is 77.4 Å². The van der Waals surface area contributed by atoms with Crippen LogP contribution in [-0.4, -0.2) is 75.5 Å². The van der Waals surface area contributed by atoms with Crippen molar-refractivity contribution in [2.75, 3.05) is 29.6 Å². The molecule has 5 rings (SSSR count). The fourth-order valence-corrected chi connectivity index (χ4v) is 5.81. The van der Waals surface area contributed by atoms with E-state index in [2.05, 4.69) is 71.0 Å². The van der Waals surface area contributed by atoms with Gasteiger partial charge in [-0.25, -0.2) is 0 Å². The monoisotopic (exact) mass is 590 g/mol. The highest BCUT2D eigenvalue weighted by molar-refractivity contribution is 6.41. The summed E-state index contributed by atoms with van der Waals surface area (Å²) in [7, 11) is 2.09. The molecule has 5 N–H and O–H groups in total. The number of nitrogens with zero attached hydrogens (tertiary/aromatic N) is 3. The molecule has 3 aliphatic heterocycles. The topological polar surface area (TPSA) is 108 Å². The number of aliphatic hydroxyl groups is 1. The van der Waals surface area contributed by atoms with Gasteiger partial charge in [-0.15, -0.1) is 11.6 Å². The third-order valence-electron chi connectivity index (χ3n) is 7.73. The summed E-state index contributed by atoms with van der Waals surface area (Å²) in [6, 6.07) is 11.9. The molecule has 1 saturated heterocycles. The highest BCUT2D eigenvalue weighted by Gasteiger charge is 2.41. The highest BCUT2D eigenvalue weighted by atomic mass is 35.5. The van der Waals surface area contributed by atoms with E-state index in [1.54, 1.807) is 6.20 Å². The van der Waals surface area contributed by atoms with Crippen molar-refractivity contribution in [3.8, 4) is 0 Å². The van der Waals surface area contributed by atoms with E-state index in [1.807, 2.05) is 30.3 Å². The number of fused-ring (bicyclic) bond motifs is 2. The van der Waals surface area contributed by atoms with Crippen molar-refractivity contribution in [1.29, 1.82) is 0 Å². The van der Waals surface area contributed by atoms with Crippen LogP contribution in [0.2, 0.25) is 0 Å². The molecule has 0 spiro atoms. The number of rotatable bonds is 10. The number of amides is 1. The van der Waals surface area contributed by atoms with E-state index >= 15 is 0 Å². The number of allylic oxidation sites excluding steroid dienone is 1. The normalized spacial score (nSPS) is 20.8. The summed E-state index contributed by atoms with van der Waals surface area (Å²) >= 11 is 5.68. The molecule has 1 amide bonds. The number of carbonyl (C=O) groups excluding carboxylic acids is 1. The van der Waals surface area contributed by atoms with Crippen molar-refractivity contribution in [2.24, 2.45) is 5.73 Å². The van der Waals surface area contributed by atoms with Gasteiger partial charge in [-0.2, -0.15) is 0 Å². The maximum absolute atomic E-state index is 11.8. The lowest BCUT2D eigenvalue weighted by molar-refractivity contribution is -0.568. The second-order valence-electron chi connectivity index (χ2n) is 11.1. The minimum atomic E-state index is -0.684. The van der Waals surface area contributed by atoms with Crippen molar-refractivity contribution in [3.63, 3.8) is 0 Å². The summed E-state index contributed by atoms with van der Waals surface area (Å²) in [6.45, 7) is 7.94. The summed E-state index contributed by atoms with van der Waals surface area (Å²) in [6.07, 6.45) is 9.31. The number of benzene rings is 1. The number of amidine groups is 1. The zero-order valence-corrected chi connectivity index (χ0v) is 25.3. The largest absolute Gasteiger partial charge is 0.553 e. The summed E-state index contributed by atoms with van der Waals surface area (Å²) in [4.78, 5) is 14.0. The molecule has 1 aromatic carbocycles. The van der Waals surface area contributed by atoms with Gasteiger partial charge in [0.15, 0.2) is 0 Å². The van der Waals surface area contributed by atoms with Crippen LogP contribution >= 0.6 is 11.6 Å². The Morgan fingerprint density at radius 3 is 2.62 bits per heavy atom. The molecular formula is C31H40BClN6O3+.